The first-order valence-electron chi connectivity index (χ1n) is 4.11. The Morgan fingerprint density at radius 2 is 2.33 bits per heavy atom. The Labute approximate surface area is 104 Å². The molecule has 0 atom stereocenters. The summed E-state index contributed by atoms with van der Waals surface area (Å²) in [6.07, 6.45) is 1.57. The second-order valence-electron chi connectivity index (χ2n) is 3.03. The average Bonchev–Trinajstić information content (AvgIpc) is 2.48. The smallest absolute Gasteiger partial charge is 0.225 e. The Bertz CT molecular complexity index is 539. The molecule has 0 amide bonds. The van der Waals surface area contributed by atoms with E-state index in [0.29, 0.717) is 14.9 Å². The van der Waals surface area contributed by atoms with Crippen LogP contribution in [0.1, 0.15) is 6.92 Å². The molecule has 0 N–H and O–H groups in total. The summed E-state index contributed by atoms with van der Waals surface area (Å²) in [6, 6.07) is 0. The number of hydrogen-bond acceptors (Lipinski definition) is 4. The quantitative estimate of drug-likeness (QED) is 0.475. The maximum atomic E-state index is 11.0. The van der Waals surface area contributed by atoms with Gasteiger partial charge in [-0.25, -0.2) is 9.97 Å². The summed E-state index contributed by atoms with van der Waals surface area (Å²) in [7, 11) is 0. The van der Waals surface area contributed by atoms with E-state index in [1.165, 1.54) is 6.92 Å². The van der Waals surface area contributed by atoms with Crippen LogP contribution in [0.3, 0.4) is 0 Å². The molecule has 0 aliphatic heterocycles. The number of ketones is 1. The highest BCUT2D eigenvalue weighted by Gasteiger charge is 2.11. The summed E-state index contributed by atoms with van der Waals surface area (Å²) in [6.45, 7) is 1.76. The zero-order valence-corrected chi connectivity index (χ0v) is 10.7. The predicted molar refractivity (Wildman–Crippen MR) is 63.7 cm³/mol. The van der Waals surface area contributed by atoms with Crippen molar-refractivity contribution in [3.8, 4) is 0 Å². The van der Waals surface area contributed by atoms with Gasteiger partial charge in [-0.1, -0.05) is 0 Å². The molecule has 0 spiro atoms. The molecule has 15 heavy (non-hydrogen) atoms. The Morgan fingerprint density at radius 3 is 3.00 bits per heavy atom. The fourth-order valence-electron chi connectivity index (χ4n) is 1.24. The van der Waals surface area contributed by atoms with Crippen molar-refractivity contribution in [1.29, 1.82) is 0 Å². The van der Waals surface area contributed by atoms with Gasteiger partial charge >= 0.3 is 0 Å². The van der Waals surface area contributed by atoms with Crippen LogP contribution in [0, 0.1) is 3.70 Å². The van der Waals surface area contributed by atoms with Gasteiger partial charge in [0.1, 0.15) is 15.0 Å². The number of nitrogens with zero attached hydrogens (tertiary/aromatic N) is 4. The number of imidazole rings is 1. The Kier molecular flexibility index (Phi) is 2.87. The van der Waals surface area contributed by atoms with Gasteiger partial charge in [-0.2, -0.15) is 4.98 Å². The standard InChI is InChI=1S/C8H6ClIN4O/c1-4(15)2-14-3-11-5-6(10)12-8(9)13-7(5)14/h3H,2H2,1H3. The van der Waals surface area contributed by atoms with E-state index in [1.54, 1.807) is 10.9 Å². The first-order valence-corrected chi connectivity index (χ1v) is 5.57. The van der Waals surface area contributed by atoms with Crippen molar-refractivity contribution in [1.82, 2.24) is 19.5 Å². The Balaban J connectivity index is 2.63. The first kappa shape index (κ1) is 10.7. The van der Waals surface area contributed by atoms with Crippen LogP contribution in [-0.4, -0.2) is 25.3 Å². The molecule has 0 bridgehead atoms. The summed E-state index contributed by atoms with van der Waals surface area (Å²) in [5.41, 5.74) is 1.26. The van der Waals surface area contributed by atoms with Crippen LogP contribution in [-0.2, 0) is 11.3 Å². The van der Waals surface area contributed by atoms with Crippen molar-refractivity contribution >= 4 is 51.1 Å². The van der Waals surface area contributed by atoms with Crippen molar-refractivity contribution < 1.29 is 4.79 Å². The van der Waals surface area contributed by atoms with Crippen LogP contribution < -0.4 is 0 Å². The monoisotopic (exact) mass is 336 g/mol. The molecule has 0 aliphatic rings. The lowest BCUT2D eigenvalue weighted by Crippen LogP contribution is -2.05. The van der Waals surface area contributed by atoms with E-state index >= 15 is 0 Å². The van der Waals surface area contributed by atoms with E-state index in [0.717, 1.165) is 0 Å². The van der Waals surface area contributed by atoms with Gasteiger partial charge in [-0.3, -0.25) is 4.79 Å². The highest BCUT2D eigenvalue weighted by Crippen LogP contribution is 2.17. The van der Waals surface area contributed by atoms with Crippen molar-refractivity contribution in [2.75, 3.05) is 0 Å². The van der Waals surface area contributed by atoms with Crippen LogP contribution in [0.5, 0.6) is 0 Å². The van der Waals surface area contributed by atoms with E-state index in [-0.39, 0.29) is 17.6 Å². The second-order valence-corrected chi connectivity index (χ2v) is 4.39. The maximum Gasteiger partial charge on any atom is 0.225 e. The van der Waals surface area contributed by atoms with Gasteiger partial charge in [0.05, 0.1) is 12.9 Å². The molecule has 0 aromatic carbocycles. The number of aromatic nitrogens is 4. The van der Waals surface area contributed by atoms with Crippen molar-refractivity contribution in [3.63, 3.8) is 0 Å². The third kappa shape index (κ3) is 2.10. The maximum absolute atomic E-state index is 11.0. The molecule has 0 unspecified atom stereocenters. The summed E-state index contributed by atoms with van der Waals surface area (Å²) in [5.74, 6) is 0.0408. The Morgan fingerprint density at radius 1 is 1.60 bits per heavy atom. The van der Waals surface area contributed by atoms with Gasteiger partial charge in [-0.05, 0) is 41.1 Å². The van der Waals surface area contributed by atoms with E-state index < -0.39 is 0 Å². The highest BCUT2D eigenvalue weighted by atomic mass is 127. The predicted octanol–water partition coefficient (Wildman–Crippen LogP) is 1.67. The molecule has 0 fully saturated rings. The lowest BCUT2D eigenvalue weighted by Gasteiger charge is -1.99. The van der Waals surface area contributed by atoms with Crippen LogP contribution in [0.4, 0.5) is 0 Å². The molecule has 0 radical (unpaired) electrons. The lowest BCUT2D eigenvalue weighted by molar-refractivity contribution is -0.117. The second kappa shape index (κ2) is 4.01. The molecule has 2 aromatic rings. The van der Waals surface area contributed by atoms with Gasteiger partial charge < -0.3 is 4.57 Å². The van der Waals surface area contributed by atoms with Crippen LogP contribution in [0.25, 0.3) is 11.2 Å². The zero-order valence-electron chi connectivity index (χ0n) is 7.74. The first-order chi connectivity index (χ1) is 7.08. The molecule has 7 heteroatoms. The van der Waals surface area contributed by atoms with Gasteiger partial charge in [-0.15, -0.1) is 0 Å². The molecular weight excluding hydrogens is 330 g/mol. The minimum Gasteiger partial charge on any atom is -0.308 e. The van der Waals surface area contributed by atoms with Crippen molar-refractivity contribution in [2.24, 2.45) is 0 Å². The summed E-state index contributed by atoms with van der Waals surface area (Å²) >= 11 is 7.77. The number of halogens is 2. The fraction of sp³-hybridized carbons (Fsp3) is 0.250. The third-order valence-electron chi connectivity index (χ3n) is 1.79. The molecule has 5 nitrogen and oxygen atoms in total. The summed E-state index contributed by atoms with van der Waals surface area (Å²) < 4.78 is 2.35. The number of fused-ring (bicyclic) bond motifs is 1. The molecule has 2 heterocycles. The topological polar surface area (TPSA) is 60.7 Å². The SMILES string of the molecule is CC(=O)Cn1cnc2c(I)nc(Cl)nc21. The molecule has 2 rings (SSSR count). The van der Waals surface area contributed by atoms with E-state index in [9.17, 15) is 4.79 Å². The van der Waals surface area contributed by atoms with Crippen LogP contribution >= 0.6 is 34.2 Å². The number of carbonyl (C=O) groups is 1. The van der Waals surface area contributed by atoms with Gasteiger partial charge in [0.2, 0.25) is 5.28 Å². The van der Waals surface area contributed by atoms with Gasteiger partial charge in [0, 0.05) is 0 Å². The number of rotatable bonds is 2. The third-order valence-corrected chi connectivity index (χ3v) is 2.71. The zero-order chi connectivity index (χ0) is 11.0. The van der Waals surface area contributed by atoms with E-state index in [4.69, 9.17) is 11.6 Å². The van der Waals surface area contributed by atoms with Crippen LogP contribution in [0.15, 0.2) is 6.33 Å². The summed E-state index contributed by atoms with van der Waals surface area (Å²) in [4.78, 5) is 23.2. The van der Waals surface area contributed by atoms with E-state index in [2.05, 4.69) is 15.0 Å². The normalized spacial score (nSPS) is 10.9. The minimum absolute atomic E-state index is 0.0408. The molecule has 78 valence electrons. The summed E-state index contributed by atoms with van der Waals surface area (Å²) in [5, 5.41) is 0.164. The van der Waals surface area contributed by atoms with Crippen molar-refractivity contribution in [2.45, 2.75) is 13.5 Å². The lowest BCUT2D eigenvalue weighted by atomic mass is 10.4. The number of carbonyl (C=O) groups excluding carboxylic acids is 1. The highest BCUT2D eigenvalue weighted by molar-refractivity contribution is 14.1. The molecule has 0 saturated carbocycles. The molecular formula is C8H6ClIN4O. The number of Topliss-reactive ketones (excluding diaryl/α,β-unsaturated/α-hetero) is 1. The van der Waals surface area contributed by atoms with Gasteiger partial charge in [0.25, 0.3) is 0 Å². The largest absolute Gasteiger partial charge is 0.308 e. The van der Waals surface area contributed by atoms with E-state index in [1.807, 2.05) is 22.6 Å². The Hall–Kier alpha value is -0.760. The fourth-order valence-corrected chi connectivity index (χ4v) is 2.16. The van der Waals surface area contributed by atoms with Crippen molar-refractivity contribution in [3.05, 3.63) is 15.3 Å². The average molecular weight is 337 g/mol. The van der Waals surface area contributed by atoms with Crippen LogP contribution in [0.2, 0.25) is 5.28 Å². The molecule has 0 aliphatic carbocycles. The minimum atomic E-state index is 0.0408. The van der Waals surface area contributed by atoms with Gasteiger partial charge in [0.15, 0.2) is 5.65 Å². The molecule has 2 aromatic heterocycles. The number of hydrogen-bond donors (Lipinski definition) is 0. The molecule has 0 saturated heterocycles.